The van der Waals surface area contributed by atoms with Gasteiger partial charge in [-0.05, 0) is 56.0 Å². The minimum Gasteiger partial charge on any atom is -0.505 e. The summed E-state index contributed by atoms with van der Waals surface area (Å²) < 4.78 is 5.65. The van der Waals surface area contributed by atoms with Gasteiger partial charge in [0, 0.05) is 17.3 Å². The third-order valence-corrected chi connectivity index (χ3v) is 4.87. The highest BCUT2D eigenvalue weighted by molar-refractivity contribution is 7.80. The van der Waals surface area contributed by atoms with E-state index in [-0.39, 0.29) is 10.8 Å². The van der Waals surface area contributed by atoms with Gasteiger partial charge in [-0.25, -0.2) is 4.98 Å². The van der Waals surface area contributed by atoms with Gasteiger partial charge >= 0.3 is 0 Å². The minimum absolute atomic E-state index is 0.0821. The first-order valence-electron chi connectivity index (χ1n) is 9.54. The molecule has 0 aliphatic heterocycles. The second kappa shape index (κ2) is 9.13. The summed E-state index contributed by atoms with van der Waals surface area (Å²) in [4.78, 5) is 6.75. The van der Waals surface area contributed by atoms with E-state index in [1.807, 2.05) is 44.4 Å². The Bertz CT molecular complexity index is 971. The number of thiocarbonyl (C=S) groups is 1. The second-order valence-corrected chi connectivity index (χ2v) is 7.48. The maximum Gasteiger partial charge on any atom is 0.214 e. The van der Waals surface area contributed by atoms with Crippen molar-refractivity contribution in [1.29, 1.82) is 0 Å². The van der Waals surface area contributed by atoms with E-state index in [9.17, 15) is 5.11 Å². The number of aromatic nitrogens is 1. The van der Waals surface area contributed by atoms with Gasteiger partial charge in [0.1, 0.15) is 0 Å². The number of pyridine rings is 1. The van der Waals surface area contributed by atoms with E-state index in [1.165, 1.54) is 0 Å². The van der Waals surface area contributed by atoms with Crippen LogP contribution < -0.4 is 0 Å². The van der Waals surface area contributed by atoms with E-state index in [4.69, 9.17) is 21.9 Å². The van der Waals surface area contributed by atoms with Gasteiger partial charge in [-0.1, -0.05) is 49.7 Å². The number of hydrogen-bond donors (Lipinski definition) is 1. The molecule has 0 amide bonds. The lowest BCUT2D eigenvalue weighted by atomic mass is 9.99. The molecule has 3 rings (SSSR count). The van der Waals surface area contributed by atoms with E-state index in [0.717, 1.165) is 40.4 Å². The van der Waals surface area contributed by atoms with Crippen LogP contribution in [0.25, 0.3) is 21.9 Å². The highest BCUT2D eigenvalue weighted by Gasteiger charge is 2.18. The Kier molecular flexibility index (Phi) is 6.60. The van der Waals surface area contributed by atoms with Crippen LogP contribution in [-0.4, -0.2) is 40.7 Å². The van der Waals surface area contributed by atoms with Crippen molar-refractivity contribution in [3.05, 3.63) is 59.9 Å². The van der Waals surface area contributed by atoms with Gasteiger partial charge in [0.2, 0.25) is 5.05 Å². The van der Waals surface area contributed by atoms with Gasteiger partial charge < -0.3 is 14.7 Å². The fraction of sp³-hybridized carbons (Fsp3) is 0.304. The van der Waals surface area contributed by atoms with E-state index in [2.05, 4.69) is 30.0 Å². The van der Waals surface area contributed by atoms with Crippen LogP contribution in [0.15, 0.2) is 48.5 Å². The van der Waals surface area contributed by atoms with Crippen LogP contribution in [0.3, 0.4) is 0 Å². The number of ether oxygens (including phenoxy) is 1. The summed E-state index contributed by atoms with van der Waals surface area (Å²) in [5.41, 5.74) is 3.43. The maximum atomic E-state index is 10.9. The Balaban J connectivity index is 2.10. The molecule has 146 valence electrons. The summed E-state index contributed by atoms with van der Waals surface area (Å²) in [5, 5.41) is 12.8. The zero-order valence-corrected chi connectivity index (χ0v) is 17.4. The van der Waals surface area contributed by atoms with E-state index >= 15 is 0 Å². The first kappa shape index (κ1) is 20.2. The number of nitrogens with zero attached hydrogens (tertiary/aromatic N) is 2. The van der Waals surface area contributed by atoms with Gasteiger partial charge in [-0.15, -0.1) is 0 Å². The molecule has 0 saturated carbocycles. The van der Waals surface area contributed by atoms with Crippen molar-refractivity contribution in [3.8, 4) is 16.9 Å². The first-order valence-corrected chi connectivity index (χ1v) is 9.95. The molecule has 28 heavy (non-hydrogen) atoms. The zero-order valence-electron chi connectivity index (χ0n) is 16.6. The van der Waals surface area contributed by atoms with Crippen molar-refractivity contribution in [2.45, 2.75) is 26.3 Å². The summed E-state index contributed by atoms with van der Waals surface area (Å²) in [5.74, 6) is 0.0821. The largest absolute Gasteiger partial charge is 0.505 e. The van der Waals surface area contributed by atoms with Gasteiger partial charge in [-0.3, -0.25) is 0 Å². The lowest BCUT2D eigenvalue weighted by molar-refractivity contribution is 0.303. The van der Waals surface area contributed by atoms with Gasteiger partial charge in [0.15, 0.2) is 11.4 Å². The lowest BCUT2D eigenvalue weighted by Gasteiger charge is -2.17. The Morgan fingerprint density at radius 1 is 1.07 bits per heavy atom. The highest BCUT2D eigenvalue weighted by atomic mass is 32.1. The monoisotopic (exact) mass is 394 g/mol. The minimum atomic E-state index is 0.0821. The Morgan fingerprint density at radius 3 is 2.50 bits per heavy atom. The molecule has 3 aromatic rings. The predicted molar refractivity (Wildman–Crippen MR) is 119 cm³/mol. The van der Waals surface area contributed by atoms with E-state index in [0.29, 0.717) is 18.8 Å². The number of aromatic hydroxyl groups is 1. The number of rotatable bonds is 7. The smallest absolute Gasteiger partial charge is 0.214 e. The van der Waals surface area contributed by atoms with Crippen LogP contribution in [0.2, 0.25) is 0 Å². The van der Waals surface area contributed by atoms with Crippen molar-refractivity contribution in [2.75, 3.05) is 20.7 Å². The predicted octanol–water partition coefficient (Wildman–Crippen LogP) is 5.16. The average Bonchev–Trinajstić information content (AvgIpc) is 2.70. The molecule has 0 atom stereocenters. The highest BCUT2D eigenvalue weighted by Crippen LogP contribution is 2.34. The summed E-state index contributed by atoms with van der Waals surface area (Å²) >= 11 is 5.40. The summed E-state index contributed by atoms with van der Waals surface area (Å²) in [6.45, 7) is 3.27. The lowest BCUT2D eigenvalue weighted by Crippen LogP contribution is -2.15. The summed E-state index contributed by atoms with van der Waals surface area (Å²) in [6, 6.07) is 16.2. The fourth-order valence-electron chi connectivity index (χ4n) is 3.12. The fourth-order valence-corrected chi connectivity index (χ4v) is 3.34. The molecule has 0 fully saturated rings. The van der Waals surface area contributed by atoms with Gasteiger partial charge in [0.05, 0.1) is 12.3 Å². The van der Waals surface area contributed by atoms with E-state index < -0.39 is 0 Å². The topological polar surface area (TPSA) is 45.6 Å². The van der Waals surface area contributed by atoms with Crippen molar-refractivity contribution in [3.63, 3.8) is 0 Å². The summed E-state index contributed by atoms with van der Waals surface area (Å²) in [7, 11) is 3.99. The van der Waals surface area contributed by atoms with Crippen molar-refractivity contribution >= 4 is 28.0 Å². The first-order chi connectivity index (χ1) is 13.5. The van der Waals surface area contributed by atoms with Gasteiger partial charge in [0.25, 0.3) is 0 Å². The number of unbranched alkanes of at least 4 members (excludes halogenated alkanes) is 1. The zero-order chi connectivity index (χ0) is 20.1. The van der Waals surface area contributed by atoms with Crippen LogP contribution in [0.4, 0.5) is 0 Å². The summed E-state index contributed by atoms with van der Waals surface area (Å²) in [6.07, 6.45) is 1.94. The number of benzene rings is 2. The molecule has 0 unspecified atom stereocenters. The maximum absolute atomic E-state index is 10.9. The van der Waals surface area contributed by atoms with Crippen LogP contribution in [0.1, 0.15) is 31.2 Å². The van der Waals surface area contributed by atoms with Crippen LogP contribution in [0, 0.1) is 0 Å². The van der Waals surface area contributed by atoms with E-state index in [1.54, 1.807) is 0 Å². The Hall–Kier alpha value is -2.50. The molecule has 0 spiro atoms. The van der Waals surface area contributed by atoms with Crippen molar-refractivity contribution < 1.29 is 9.84 Å². The molecule has 1 aromatic heterocycles. The molecule has 2 aromatic carbocycles. The molecule has 0 aliphatic rings. The molecular formula is C23H26N2O2S. The van der Waals surface area contributed by atoms with Crippen LogP contribution in [0.5, 0.6) is 5.75 Å². The van der Waals surface area contributed by atoms with Crippen LogP contribution in [-0.2, 0) is 11.3 Å². The molecule has 0 radical (unpaired) electrons. The molecule has 0 aliphatic carbocycles. The molecule has 4 nitrogen and oxygen atoms in total. The van der Waals surface area contributed by atoms with Crippen molar-refractivity contribution in [1.82, 2.24) is 9.88 Å². The number of fused-ring (bicyclic) bond motifs is 1. The third-order valence-electron chi connectivity index (χ3n) is 4.55. The quantitative estimate of drug-likeness (QED) is 0.443. The molecule has 0 bridgehead atoms. The molecular weight excluding hydrogens is 368 g/mol. The molecule has 0 saturated heterocycles. The third kappa shape index (κ3) is 4.49. The molecule has 1 N–H and O–H groups in total. The van der Waals surface area contributed by atoms with Gasteiger partial charge in [-0.2, -0.15) is 0 Å². The average molecular weight is 395 g/mol. The Morgan fingerprint density at radius 2 is 1.82 bits per heavy atom. The SMILES string of the molecule is CCCCOC(=S)c1nc(CN(C)C)c2cc(-c3ccccc3)ccc2c1O. The molecule has 5 heteroatoms. The van der Waals surface area contributed by atoms with Crippen molar-refractivity contribution in [2.24, 2.45) is 0 Å². The van der Waals surface area contributed by atoms with Crippen LogP contribution >= 0.6 is 12.2 Å². The normalized spacial score (nSPS) is 11.1. The molecule has 1 heterocycles. The second-order valence-electron chi connectivity index (χ2n) is 7.11. The Labute approximate surface area is 171 Å². The standard InChI is InChI=1S/C23H26N2O2S/c1-4-5-13-27-23(28)21-22(26)18-12-11-17(16-9-7-6-8-10-16)14-19(18)20(24-21)15-25(2)3/h6-12,14,26H,4-5,13,15H2,1-3H3. The number of hydrogen-bond acceptors (Lipinski definition) is 5.